The zero-order valence-electron chi connectivity index (χ0n) is 21.4. The summed E-state index contributed by atoms with van der Waals surface area (Å²) in [5, 5.41) is 36.0. The lowest BCUT2D eigenvalue weighted by Crippen LogP contribution is -2.70. The van der Waals surface area contributed by atoms with Gasteiger partial charge in [-0.15, -0.1) is 23.2 Å². The Kier molecular flexibility index (Phi) is 10.0. The van der Waals surface area contributed by atoms with Crippen LogP contribution in [0.1, 0.15) is 70.6 Å². The molecule has 9 nitrogen and oxygen atoms in total. The van der Waals surface area contributed by atoms with Gasteiger partial charge in [-0.05, 0) is 70.6 Å². The maximum absolute atomic E-state index is 12.7. The van der Waals surface area contributed by atoms with E-state index in [0.717, 1.165) is 25.7 Å². The summed E-state index contributed by atoms with van der Waals surface area (Å²) in [5.41, 5.74) is -1.20. The van der Waals surface area contributed by atoms with Gasteiger partial charge in [0.25, 0.3) is 0 Å². The fourth-order valence-electron chi connectivity index (χ4n) is 6.74. The van der Waals surface area contributed by atoms with Gasteiger partial charge in [-0.1, -0.05) is 0 Å². The van der Waals surface area contributed by atoms with E-state index in [4.69, 9.17) is 32.7 Å². The fraction of sp³-hybridized carbons (Fsp3) is 0.923. The lowest BCUT2D eigenvalue weighted by Gasteiger charge is -2.56. The molecule has 6 unspecified atom stereocenters. The molecule has 11 heteroatoms. The van der Waals surface area contributed by atoms with Crippen LogP contribution >= 0.6 is 23.2 Å². The van der Waals surface area contributed by atoms with Crippen molar-refractivity contribution in [3.05, 3.63) is 0 Å². The zero-order valence-corrected chi connectivity index (χ0v) is 22.9. The first-order chi connectivity index (χ1) is 17.7. The molecule has 7 atom stereocenters. The van der Waals surface area contributed by atoms with Gasteiger partial charge in [0.05, 0.1) is 23.9 Å². The largest absolute Gasteiger partial charge is 0.396 e. The summed E-state index contributed by atoms with van der Waals surface area (Å²) in [4.78, 5) is 25.4. The lowest BCUT2D eigenvalue weighted by molar-refractivity contribution is -0.142. The van der Waals surface area contributed by atoms with Gasteiger partial charge in [0, 0.05) is 41.3 Å². The van der Waals surface area contributed by atoms with Crippen LogP contribution in [-0.4, -0.2) is 93.7 Å². The van der Waals surface area contributed by atoms with E-state index in [1.807, 2.05) is 0 Å². The number of carbonyl (C=O) groups is 2. The summed E-state index contributed by atoms with van der Waals surface area (Å²) in [6, 6.07) is 0. The van der Waals surface area contributed by atoms with Crippen molar-refractivity contribution in [1.29, 1.82) is 0 Å². The Morgan fingerprint density at radius 1 is 0.784 bits per heavy atom. The van der Waals surface area contributed by atoms with E-state index in [0.29, 0.717) is 44.9 Å². The summed E-state index contributed by atoms with van der Waals surface area (Å²) >= 11 is 12.5. The third kappa shape index (κ3) is 7.10. The second-order valence-electron chi connectivity index (χ2n) is 11.7. The van der Waals surface area contributed by atoms with E-state index in [1.165, 1.54) is 0 Å². The highest BCUT2D eigenvalue weighted by Gasteiger charge is 2.55. The number of aliphatic hydroxyl groups excluding tert-OH is 3. The van der Waals surface area contributed by atoms with Crippen molar-refractivity contribution in [1.82, 2.24) is 10.6 Å². The van der Waals surface area contributed by atoms with Crippen LogP contribution < -0.4 is 10.6 Å². The topological polar surface area (TPSA) is 137 Å². The maximum Gasteiger partial charge on any atom is 0.246 e. The predicted octanol–water partition coefficient (Wildman–Crippen LogP) is 1.61. The second kappa shape index (κ2) is 12.7. The molecule has 2 amide bonds. The van der Waals surface area contributed by atoms with Gasteiger partial charge in [0.2, 0.25) is 11.8 Å². The van der Waals surface area contributed by atoms with Crippen molar-refractivity contribution in [3.8, 4) is 0 Å². The molecular formula is C26H42Cl2N2O7. The Labute approximate surface area is 228 Å². The number of aliphatic hydroxyl groups is 3. The Hall–Kier alpha value is -0.680. The molecule has 5 aliphatic rings. The molecule has 5 fully saturated rings. The fourth-order valence-corrected chi connectivity index (χ4v) is 7.36. The average molecular weight is 566 g/mol. The first-order valence-corrected chi connectivity index (χ1v) is 14.6. The van der Waals surface area contributed by atoms with Crippen LogP contribution in [0.5, 0.6) is 0 Å². The van der Waals surface area contributed by atoms with Crippen LogP contribution in [-0.2, 0) is 19.1 Å². The predicted molar refractivity (Wildman–Crippen MR) is 138 cm³/mol. The number of nitrogens with one attached hydrogen (secondary N) is 2. The number of amides is 2. The van der Waals surface area contributed by atoms with Crippen LogP contribution in [0.4, 0.5) is 0 Å². The van der Waals surface area contributed by atoms with E-state index < -0.39 is 17.2 Å². The molecule has 0 aromatic rings. The number of rotatable bonds is 10. The second-order valence-corrected chi connectivity index (χ2v) is 12.8. The highest BCUT2D eigenvalue weighted by Crippen LogP contribution is 2.47. The summed E-state index contributed by atoms with van der Waals surface area (Å²) in [7, 11) is 0. The molecule has 0 aromatic heterocycles. The quantitative estimate of drug-likeness (QED) is 0.254. The van der Waals surface area contributed by atoms with Gasteiger partial charge < -0.3 is 35.4 Å². The van der Waals surface area contributed by atoms with Gasteiger partial charge in [0.15, 0.2) is 0 Å². The maximum atomic E-state index is 12.7. The van der Waals surface area contributed by atoms with Crippen LogP contribution in [0.3, 0.4) is 0 Å². The molecule has 5 aliphatic carbocycles. The molecule has 0 aromatic carbocycles. The average Bonchev–Trinajstić information content (AvgIpc) is 2.88. The van der Waals surface area contributed by atoms with E-state index in [1.54, 1.807) is 0 Å². The first-order valence-electron chi connectivity index (χ1n) is 13.7. The Morgan fingerprint density at radius 2 is 1.27 bits per heavy atom. The van der Waals surface area contributed by atoms with E-state index in [9.17, 15) is 24.9 Å². The number of ether oxygens (including phenoxy) is 2. The molecule has 0 aliphatic heterocycles. The summed E-state index contributed by atoms with van der Waals surface area (Å²) in [5.74, 6) is -0.499. The van der Waals surface area contributed by atoms with Gasteiger partial charge in [-0.25, -0.2) is 0 Å². The Bertz CT molecular complexity index is 795. The van der Waals surface area contributed by atoms with Gasteiger partial charge in [0.1, 0.15) is 13.2 Å². The molecule has 5 rings (SSSR count). The lowest BCUT2D eigenvalue weighted by atomic mass is 9.60. The van der Waals surface area contributed by atoms with Crippen LogP contribution in [0.15, 0.2) is 0 Å². The SMILES string of the molecule is O=C(COC1CCC(Cl)C(CO)C1)NC12CCC(NC(=O)COC3CCC(Cl)C(CO)C3)(CC1)[C@@H](O)C2. The van der Waals surface area contributed by atoms with Gasteiger partial charge in [-0.3, -0.25) is 9.59 Å². The van der Waals surface area contributed by atoms with Crippen LogP contribution in [0.25, 0.3) is 0 Å². The number of fused-ring (bicyclic) bond motifs is 3. The standard InChI is InChI=1S/C26H42Cl2N2O7/c27-20-3-1-18(9-16(20)12-31)36-14-23(34)29-25-5-7-26(8-6-25,22(33)11-25)30-24(35)15-37-19-2-4-21(28)17(10-19)13-32/h16-22,31-33H,1-15H2,(H,29,34)(H,30,35)/t16?,17?,18?,19?,20?,21?,22-,25?,26?/m0/s1. The highest BCUT2D eigenvalue weighted by atomic mass is 35.5. The van der Waals surface area contributed by atoms with E-state index in [2.05, 4.69) is 10.6 Å². The van der Waals surface area contributed by atoms with Crippen LogP contribution in [0, 0.1) is 11.8 Å². The molecule has 5 saturated carbocycles. The molecule has 0 spiro atoms. The Morgan fingerprint density at radius 3 is 1.73 bits per heavy atom. The molecule has 2 bridgehead atoms. The molecule has 0 saturated heterocycles. The molecule has 37 heavy (non-hydrogen) atoms. The van der Waals surface area contributed by atoms with Crippen molar-refractivity contribution in [2.24, 2.45) is 11.8 Å². The summed E-state index contributed by atoms with van der Waals surface area (Å²) in [6.45, 7) is -0.119. The van der Waals surface area contributed by atoms with E-state index >= 15 is 0 Å². The number of carbonyl (C=O) groups excluding carboxylic acids is 2. The molecule has 212 valence electrons. The van der Waals surface area contributed by atoms with Crippen LogP contribution in [0.2, 0.25) is 0 Å². The molecule has 0 radical (unpaired) electrons. The molecule has 5 N–H and O–H groups in total. The molecular weight excluding hydrogens is 523 g/mol. The first kappa shape index (κ1) is 29.3. The number of halogens is 2. The Balaban J connectivity index is 1.20. The van der Waals surface area contributed by atoms with Crippen molar-refractivity contribution in [2.75, 3.05) is 26.4 Å². The van der Waals surface area contributed by atoms with Gasteiger partial charge in [-0.2, -0.15) is 0 Å². The third-order valence-corrected chi connectivity index (χ3v) is 10.3. The number of hydrogen-bond donors (Lipinski definition) is 5. The molecule has 0 heterocycles. The van der Waals surface area contributed by atoms with Crippen molar-refractivity contribution >= 4 is 35.0 Å². The van der Waals surface area contributed by atoms with E-state index in [-0.39, 0.29) is 73.0 Å². The van der Waals surface area contributed by atoms with Crippen molar-refractivity contribution in [3.63, 3.8) is 0 Å². The smallest absolute Gasteiger partial charge is 0.246 e. The minimum atomic E-state index is -0.769. The minimum Gasteiger partial charge on any atom is -0.396 e. The summed E-state index contributed by atoms with van der Waals surface area (Å²) < 4.78 is 11.6. The third-order valence-electron chi connectivity index (χ3n) is 9.17. The monoisotopic (exact) mass is 564 g/mol. The minimum absolute atomic E-state index is 0.0130. The van der Waals surface area contributed by atoms with Crippen molar-refractivity contribution in [2.45, 2.75) is 111 Å². The number of alkyl halides is 2. The number of hydrogen-bond acceptors (Lipinski definition) is 7. The van der Waals surface area contributed by atoms with Gasteiger partial charge >= 0.3 is 0 Å². The zero-order chi connectivity index (χ0) is 26.6. The highest BCUT2D eigenvalue weighted by molar-refractivity contribution is 6.21. The van der Waals surface area contributed by atoms with Crippen molar-refractivity contribution < 1.29 is 34.4 Å². The summed E-state index contributed by atoms with van der Waals surface area (Å²) in [6.07, 6.45) is 6.19. The normalized spacial score (nSPS) is 41.8.